The van der Waals surface area contributed by atoms with Gasteiger partial charge in [0.2, 0.25) is 0 Å². The Labute approximate surface area is 132 Å². The van der Waals surface area contributed by atoms with Gasteiger partial charge in [0, 0.05) is 5.97 Å². The molecule has 0 aromatic rings. The summed E-state index contributed by atoms with van der Waals surface area (Å²) in [6.45, 7) is 0.972. The van der Waals surface area contributed by atoms with Gasteiger partial charge in [0.05, 0.1) is 7.32 Å². The Morgan fingerprint density at radius 1 is 1.27 bits per heavy atom. The zero-order valence-corrected chi connectivity index (χ0v) is 13.2. The average Bonchev–Trinajstić information content (AvgIpc) is 1.25. The molecular weight excluding hydrogens is 184 g/mol. The summed E-state index contributed by atoms with van der Waals surface area (Å²) < 4.78 is 0. The van der Waals surface area contributed by atoms with Crippen LogP contribution in [-0.4, -0.2) is 18.3 Å². The minimum Gasteiger partial charge on any atom is -0.871 e. The molecule has 0 unspecified atom stereocenters. The van der Waals surface area contributed by atoms with E-state index in [0.29, 0.717) is 0 Å². The molecule has 0 heterocycles. The van der Waals surface area contributed by atoms with Crippen LogP contribution in [0.15, 0.2) is 0 Å². The van der Waals surface area contributed by atoms with Gasteiger partial charge in [0.1, 0.15) is 0 Å². The Morgan fingerprint density at radius 2 is 1.27 bits per heavy atom. The zero-order valence-electron chi connectivity index (χ0n) is 7.16. The minimum atomic E-state index is -2.67. The van der Waals surface area contributed by atoms with Gasteiger partial charge in [-0.1, -0.05) is 0 Å². The SMILES string of the molecule is CC(=O)[O-].[Na+].[Na+].[Na+].[O-]B([O-])O. The molecule has 0 aromatic carbocycles. The molecule has 0 aliphatic rings. The quantitative estimate of drug-likeness (QED) is 0.379. The summed E-state index contributed by atoms with van der Waals surface area (Å²) in [6, 6.07) is 0. The van der Waals surface area contributed by atoms with E-state index in [2.05, 4.69) is 0 Å². The van der Waals surface area contributed by atoms with Crippen molar-refractivity contribution >= 4 is 13.3 Å². The van der Waals surface area contributed by atoms with E-state index in [-0.39, 0.29) is 88.7 Å². The van der Waals surface area contributed by atoms with Crippen LogP contribution in [0.1, 0.15) is 6.92 Å². The Bertz CT molecular complexity index is 64.0. The maximum Gasteiger partial charge on any atom is 1.00 e. The number of hydrogen-bond acceptors (Lipinski definition) is 5. The van der Waals surface area contributed by atoms with Crippen LogP contribution < -0.4 is 104 Å². The molecule has 48 valence electrons. The van der Waals surface area contributed by atoms with Crippen LogP contribution in [0.3, 0.4) is 0 Å². The first kappa shape index (κ1) is 29.2. The van der Waals surface area contributed by atoms with Crippen LogP contribution in [0, 0.1) is 0 Å². The predicted molar refractivity (Wildman–Crippen MR) is 18.7 cm³/mol. The smallest absolute Gasteiger partial charge is 0.871 e. The molecule has 0 spiro atoms. The van der Waals surface area contributed by atoms with Gasteiger partial charge in [-0.3, -0.25) is 0 Å². The van der Waals surface area contributed by atoms with Gasteiger partial charge < -0.3 is 25.0 Å². The van der Waals surface area contributed by atoms with Crippen molar-refractivity contribution in [1.29, 1.82) is 0 Å². The molecule has 0 aliphatic carbocycles. The van der Waals surface area contributed by atoms with Crippen LogP contribution in [0.4, 0.5) is 0 Å². The van der Waals surface area contributed by atoms with Crippen LogP contribution in [-0.2, 0) is 4.79 Å². The fourth-order valence-corrected chi connectivity index (χ4v) is 0. The van der Waals surface area contributed by atoms with Gasteiger partial charge in [-0.05, 0) is 6.92 Å². The van der Waals surface area contributed by atoms with Gasteiger partial charge in [-0.15, -0.1) is 0 Å². The molecule has 1 N–H and O–H groups in total. The Hall–Kier alpha value is 2.41. The summed E-state index contributed by atoms with van der Waals surface area (Å²) in [5.41, 5.74) is 0. The first-order valence-corrected chi connectivity index (χ1v) is 1.64. The second-order valence-corrected chi connectivity index (χ2v) is 0.799. The summed E-state index contributed by atoms with van der Waals surface area (Å²) in [7, 11) is -2.67. The van der Waals surface area contributed by atoms with E-state index in [9.17, 15) is 0 Å². The van der Waals surface area contributed by atoms with Crippen molar-refractivity contribution in [3.05, 3.63) is 0 Å². The van der Waals surface area contributed by atoms with Crippen LogP contribution in [0.5, 0.6) is 0 Å². The number of hydrogen-bond donors (Lipinski definition) is 1. The Morgan fingerprint density at radius 3 is 1.27 bits per heavy atom. The van der Waals surface area contributed by atoms with Crippen molar-refractivity contribution in [2.45, 2.75) is 6.92 Å². The molecule has 9 heteroatoms. The molecular formula is C2H4BNa3O5. The minimum absolute atomic E-state index is 0. The van der Waals surface area contributed by atoms with Gasteiger partial charge in [-0.2, -0.15) is 0 Å². The Kier molecular flexibility index (Phi) is 60.6. The van der Waals surface area contributed by atoms with Crippen LogP contribution in [0.2, 0.25) is 0 Å². The number of carbonyl (C=O) groups is 1. The number of carboxylic acids is 1. The number of carboxylic acid groups (broad SMARTS) is 1. The molecule has 0 rings (SSSR count). The van der Waals surface area contributed by atoms with Crippen LogP contribution in [0.25, 0.3) is 0 Å². The third-order valence-corrected chi connectivity index (χ3v) is 0. The largest absolute Gasteiger partial charge is 1.00 e. The van der Waals surface area contributed by atoms with Gasteiger partial charge in [-0.25, -0.2) is 0 Å². The van der Waals surface area contributed by atoms with Gasteiger partial charge >= 0.3 is 88.7 Å². The molecule has 0 saturated heterocycles. The van der Waals surface area contributed by atoms with Crippen molar-refractivity contribution in [2.24, 2.45) is 0 Å². The van der Waals surface area contributed by atoms with E-state index in [1.807, 2.05) is 0 Å². The number of rotatable bonds is 0. The van der Waals surface area contributed by atoms with Crippen molar-refractivity contribution in [3.8, 4) is 0 Å². The first-order chi connectivity index (χ1) is 3.46. The van der Waals surface area contributed by atoms with Crippen molar-refractivity contribution in [2.75, 3.05) is 0 Å². The Balaban J connectivity index is -0.0000000171. The van der Waals surface area contributed by atoms with Crippen molar-refractivity contribution in [3.63, 3.8) is 0 Å². The van der Waals surface area contributed by atoms with E-state index in [1.165, 1.54) is 0 Å². The molecule has 11 heavy (non-hydrogen) atoms. The molecule has 0 aliphatic heterocycles. The van der Waals surface area contributed by atoms with E-state index in [4.69, 9.17) is 25.0 Å². The second kappa shape index (κ2) is 22.8. The molecule has 5 nitrogen and oxygen atoms in total. The summed E-state index contributed by atoms with van der Waals surface area (Å²) >= 11 is 0. The van der Waals surface area contributed by atoms with E-state index >= 15 is 0 Å². The van der Waals surface area contributed by atoms with E-state index in [1.54, 1.807) is 0 Å². The average molecular weight is 188 g/mol. The second-order valence-electron chi connectivity index (χ2n) is 0.799. The fraction of sp³-hybridized carbons (Fsp3) is 0.500. The maximum atomic E-state index is 8.89. The summed E-state index contributed by atoms with van der Waals surface area (Å²) in [6.07, 6.45) is 0. The number of carbonyl (C=O) groups excluding carboxylic acids is 1. The predicted octanol–water partition coefficient (Wildman–Crippen LogP) is -13.5. The molecule has 0 radical (unpaired) electrons. The molecule has 0 amide bonds. The third-order valence-electron chi connectivity index (χ3n) is 0. The standard InChI is InChI=1S/C2H4O2.BHO3.3Na/c1-2(3)4;2-1(3)4;;;/h1H3,(H,3,4);2H;;;/q;-2;3*+1/p-1. The summed E-state index contributed by atoms with van der Waals surface area (Å²) in [5.74, 6) is -1.08. The molecule has 0 atom stereocenters. The normalized spacial score (nSPS) is 4.73. The first-order valence-electron chi connectivity index (χ1n) is 1.64. The molecule has 0 saturated carbocycles. The summed E-state index contributed by atoms with van der Waals surface area (Å²) in [5, 5.41) is 32.9. The summed E-state index contributed by atoms with van der Waals surface area (Å²) in [4.78, 5) is 8.89. The topological polar surface area (TPSA) is 106 Å². The number of aliphatic carboxylic acids is 1. The molecule has 0 aromatic heterocycles. The third kappa shape index (κ3) is 231. The molecule has 0 fully saturated rings. The van der Waals surface area contributed by atoms with Crippen molar-refractivity contribution < 1.29 is 114 Å². The van der Waals surface area contributed by atoms with Gasteiger partial charge in [0.15, 0.2) is 0 Å². The zero-order chi connectivity index (χ0) is 7.15. The van der Waals surface area contributed by atoms with E-state index in [0.717, 1.165) is 6.92 Å². The van der Waals surface area contributed by atoms with Crippen molar-refractivity contribution in [1.82, 2.24) is 0 Å². The maximum absolute atomic E-state index is 8.89. The monoisotopic (exact) mass is 188 g/mol. The van der Waals surface area contributed by atoms with Crippen LogP contribution >= 0.6 is 0 Å². The molecule has 0 bridgehead atoms. The van der Waals surface area contributed by atoms with E-state index < -0.39 is 13.3 Å². The van der Waals surface area contributed by atoms with Gasteiger partial charge in [0.25, 0.3) is 0 Å². The fourth-order valence-electron chi connectivity index (χ4n) is 0.